The maximum atomic E-state index is 11.0. The van der Waals surface area contributed by atoms with Crippen molar-refractivity contribution in [1.82, 2.24) is 5.32 Å². The molecule has 1 aliphatic heterocycles. The van der Waals surface area contributed by atoms with Crippen LogP contribution in [0.15, 0.2) is 18.2 Å². The number of para-hydroxylation sites is 1. The lowest BCUT2D eigenvalue weighted by Gasteiger charge is -2.27. The van der Waals surface area contributed by atoms with Gasteiger partial charge in [0.1, 0.15) is 5.75 Å². The molecule has 0 radical (unpaired) electrons. The van der Waals surface area contributed by atoms with Gasteiger partial charge in [0.25, 0.3) is 0 Å². The first kappa shape index (κ1) is 11.0. The van der Waals surface area contributed by atoms with E-state index in [4.69, 9.17) is 9.76 Å². The van der Waals surface area contributed by atoms with Crippen LogP contribution in [0, 0.1) is 0 Å². The van der Waals surface area contributed by atoms with E-state index in [-0.39, 0.29) is 17.3 Å². The van der Waals surface area contributed by atoms with Gasteiger partial charge in [0, 0.05) is 0 Å². The summed E-state index contributed by atoms with van der Waals surface area (Å²) in [6.07, 6.45) is 0.550. The number of carboxylic acids is 1. The number of likely N-dealkylation sites (N-methyl/N-ethyl adjacent to an activating group) is 1. The molecule has 0 fully saturated rings. The lowest BCUT2D eigenvalue weighted by atomic mass is 9.72. The van der Waals surface area contributed by atoms with Crippen molar-refractivity contribution in [2.45, 2.75) is 12.4 Å². The summed E-state index contributed by atoms with van der Waals surface area (Å²) in [6, 6.07) is 4.95. The summed E-state index contributed by atoms with van der Waals surface area (Å²) >= 11 is 0. The number of nitrogens with one attached hydrogen (secondary N) is 1. The van der Waals surface area contributed by atoms with Gasteiger partial charge in [-0.3, -0.25) is 0 Å². The Balaban J connectivity index is 2.42. The largest absolute Gasteiger partial charge is 0.541 e. The molecule has 5 nitrogen and oxygen atoms in total. The predicted molar refractivity (Wildman–Crippen MR) is 58.6 cm³/mol. The molecule has 1 aliphatic rings. The zero-order valence-electron chi connectivity index (χ0n) is 8.80. The van der Waals surface area contributed by atoms with Crippen molar-refractivity contribution < 1.29 is 19.6 Å². The fourth-order valence-electron chi connectivity index (χ4n) is 1.84. The van der Waals surface area contributed by atoms with Crippen molar-refractivity contribution in [3.63, 3.8) is 0 Å². The standard InChI is InChI=1S/C10H12BNO4/c1-12-8-5-6-3-2-4-7(10(13)14)9(6)16-11(8)15/h2-4,8,12,15H,5H2,1H3,(H,13,14). The molecule has 0 bridgehead atoms. The highest BCUT2D eigenvalue weighted by Gasteiger charge is 2.35. The van der Waals surface area contributed by atoms with Crippen LogP contribution in [-0.4, -0.2) is 36.2 Å². The van der Waals surface area contributed by atoms with Crippen molar-refractivity contribution in [1.29, 1.82) is 0 Å². The number of rotatable bonds is 2. The highest BCUT2D eigenvalue weighted by molar-refractivity contribution is 6.46. The number of carboxylic acid groups (broad SMARTS) is 1. The monoisotopic (exact) mass is 221 g/mol. The quantitative estimate of drug-likeness (QED) is 0.609. The Morgan fingerprint density at radius 3 is 3.00 bits per heavy atom. The van der Waals surface area contributed by atoms with Crippen molar-refractivity contribution in [2.24, 2.45) is 0 Å². The van der Waals surface area contributed by atoms with Gasteiger partial charge in [-0.15, -0.1) is 0 Å². The number of benzene rings is 1. The summed E-state index contributed by atoms with van der Waals surface area (Å²) in [5, 5.41) is 21.5. The Hall–Kier alpha value is -1.53. The van der Waals surface area contributed by atoms with Crippen LogP contribution in [0.1, 0.15) is 15.9 Å². The van der Waals surface area contributed by atoms with Crippen molar-refractivity contribution in [3.05, 3.63) is 29.3 Å². The molecule has 3 N–H and O–H groups in total. The second kappa shape index (κ2) is 4.15. The molecule has 1 heterocycles. The lowest BCUT2D eigenvalue weighted by molar-refractivity contribution is 0.0694. The maximum absolute atomic E-state index is 11.0. The van der Waals surface area contributed by atoms with Gasteiger partial charge in [-0.1, -0.05) is 12.1 Å². The number of hydrogen-bond donors (Lipinski definition) is 3. The highest BCUT2D eigenvalue weighted by atomic mass is 16.5. The summed E-state index contributed by atoms with van der Waals surface area (Å²) in [5.41, 5.74) is 0.885. The second-order valence-electron chi connectivity index (χ2n) is 3.71. The van der Waals surface area contributed by atoms with Gasteiger partial charge in [0.15, 0.2) is 0 Å². The fourth-order valence-corrected chi connectivity index (χ4v) is 1.84. The number of fused-ring (bicyclic) bond motifs is 1. The van der Waals surface area contributed by atoms with Gasteiger partial charge >= 0.3 is 13.1 Å². The minimum Gasteiger partial charge on any atom is -0.534 e. The minimum atomic E-state index is -1.05. The molecule has 16 heavy (non-hydrogen) atoms. The van der Waals surface area contributed by atoms with Crippen molar-refractivity contribution >= 4 is 13.1 Å². The molecule has 0 saturated carbocycles. The molecule has 6 heteroatoms. The van der Waals surface area contributed by atoms with Crippen LogP contribution < -0.4 is 9.97 Å². The van der Waals surface area contributed by atoms with Gasteiger partial charge < -0.3 is 20.1 Å². The smallest absolute Gasteiger partial charge is 0.534 e. The van der Waals surface area contributed by atoms with Crippen LogP contribution in [0.2, 0.25) is 0 Å². The third kappa shape index (κ3) is 1.77. The first-order valence-corrected chi connectivity index (χ1v) is 5.00. The van der Waals surface area contributed by atoms with Gasteiger partial charge in [-0.2, -0.15) is 0 Å². The first-order chi connectivity index (χ1) is 7.63. The molecule has 0 saturated heterocycles. The SMILES string of the molecule is CNC1Cc2cccc(C(=O)O)c2OB1O. The minimum absolute atomic E-state index is 0.0890. The Kier molecular flexibility index (Phi) is 2.85. The molecule has 0 amide bonds. The van der Waals surface area contributed by atoms with Crippen LogP contribution in [0.5, 0.6) is 5.75 Å². The van der Waals surface area contributed by atoms with Crippen LogP contribution in [0.25, 0.3) is 0 Å². The van der Waals surface area contributed by atoms with Crippen LogP contribution in [-0.2, 0) is 6.42 Å². The van der Waals surface area contributed by atoms with E-state index < -0.39 is 13.1 Å². The molecule has 1 atom stereocenters. The molecule has 1 unspecified atom stereocenters. The number of hydrogen-bond acceptors (Lipinski definition) is 4. The van der Waals surface area contributed by atoms with Gasteiger partial charge in [-0.25, -0.2) is 4.79 Å². The Bertz CT molecular complexity index is 423. The van der Waals surface area contributed by atoms with E-state index in [0.717, 1.165) is 5.56 Å². The predicted octanol–water partition coefficient (Wildman–Crippen LogP) is -0.0726. The third-order valence-corrected chi connectivity index (χ3v) is 2.72. The summed E-state index contributed by atoms with van der Waals surface area (Å²) < 4.78 is 5.24. The maximum Gasteiger partial charge on any atom is 0.541 e. The van der Waals surface area contributed by atoms with Crippen LogP contribution in [0.4, 0.5) is 0 Å². The molecule has 0 aliphatic carbocycles. The third-order valence-electron chi connectivity index (χ3n) is 2.72. The van der Waals surface area contributed by atoms with E-state index >= 15 is 0 Å². The highest BCUT2D eigenvalue weighted by Crippen LogP contribution is 2.29. The molecular weight excluding hydrogens is 209 g/mol. The average molecular weight is 221 g/mol. The molecule has 1 aromatic rings. The van der Waals surface area contributed by atoms with Gasteiger partial charge in [0.05, 0.1) is 11.5 Å². The zero-order chi connectivity index (χ0) is 11.7. The van der Waals surface area contributed by atoms with E-state index in [1.165, 1.54) is 6.07 Å². The van der Waals surface area contributed by atoms with Crippen molar-refractivity contribution in [2.75, 3.05) is 7.05 Å². The van der Waals surface area contributed by atoms with Crippen LogP contribution in [0.3, 0.4) is 0 Å². The Morgan fingerprint density at radius 2 is 2.38 bits per heavy atom. The van der Waals surface area contributed by atoms with E-state index in [2.05, 4.69) is 5.32 Å². The van der Waals surface area contributed by atoms with Crippen LogP contribution >= 0.6 is 0 Å². The number of aromatic carboxylic acids is 1. The van der Waals surface area contributed by atoms with E-state index in [9.17, 15) is 9.82 Å². The summed E-state index contributed by atoms with van der Waals surface area (Å²) in [5.74, 6) is -0.988. The Morgan fingerprint density at radius 1 is 1.62 bits per heavy atom. The van der Waals surface area contributed by atoms with Gasteiger partial charge in [0.2, 0.25) is 0 Å². The molecule has 0 spiro atoms. The molecule has 84 valence electrons. The molecule has 0 aromatic heterocycles. The Labute approximate surface area is 93.2 Å². The first-order valence-electron chi connectivity index (χ1n) is 5.00. The van der Waals surface area contributed by atoms with E-state index in [0.29, 0.717) is 6.42 Å². The van der Waals surface area contributed by atoms with E-state index in [1.807, 2.05) is 0 Å². The van der Waals surface area contributed by atoms with Gasteiger partial charge in [-0.05, 0) is 25.1 Å². The van der Waals surface area contributed by atoms with E-state index in [1.54, 1.807) is 19.2 Å². The topological polar surface area (TPSA) is 78.8 Å². The lowest BCUT2D eigenvalue weighted by Crippen LogP contribution is -2.50. The fraction of sp³-hybridized carbons (Fsp3) is 0.300. The average Bonchev–Trinajstić information content (AvgIpc) is 2.27. The molecular formula is C10H12BNO4. The summed E-state index contributed by atoms with van der Waals surface area (Å²) in [7, 11) is 0.710. The second-order valence-corrected chi connectivity index (χ2v) is 3.71. The molecule has 2 rings (SSSR count). The normalized spacial score (nSPS) is 18.9. The summed E-state index contributed by atoms with van der Waals surface area (Å²) in [4.78, 5) is 11.0. The summed E-state index contributed by atoms with van der Waals surface area (Å²) in [6.45, 7) is 0. The van der Waals surface area contributed by atoms with Crippen molar-refractivity contribution in [3.8, 4) is 5.75 Å². The molecule has 1 aromatic carbocycles. The zero-order valence-corrected chi connectivity index (χ0v) is 8.80. The number of carbonyl (C=O) groups is 1.